The third kappa shape index (κ3) is 1.62. The number of anilines is 1. The fourth-order valence-corrected chi connectivity index (χ4v) is 2.87. The molecule has 14 heavy (non-hydrogen) atoms. The number of benzene rings is 1. The molecule has 0 aliphatic carbocycles. The number of nitrogens with one attached hydrogen (secondary N) is 1. The fraction of sp³-hybridized carbons (Fsp3) is 0.455. The molecular formula is C11H15NOS. The summed E-state index contributed by atoms with van der Waals surface area (Å²) in [7, 11) is 0. The minimum atomic E-state index is 0.228. The largest absolute Gasteiger partial charge is 0.395 e. The Morgan fingerprint density at radius 1 is 1.50 bits per heavy atom. The fourth-order valence-electron chi connectivity index (χ4n) is 1.71. The number of aliphatic hydroxyl groups excluding tert-OH is 1. The Balaban J connectivity index is 2.35. The number of rotatable bonds is 1. The molecule has 0 saturated heterocycles. The molecule has 0 radical (unpaired) electrons. The molecule has 0 spiro atoms. The molecule has 2 N–H and O–H groups in total. The first-order valence-electron chi connectivity index (χ1n) is 4.86. The van der Waals surface area contributed by atoms with Crippen LogP contribution in [0.15, 0.2) is 23.1 Å². The number of aryl methyl sites for hydroxylation is 1. The Kier molecular flexibility index (Phi) is 2.70. The average molecular weight is 209 g/mol. The van der Waals surface area contributed by atoms with Crippen LogP contribution in [0, 0.1) is 6.92 Å². The van der Waals surface area contributed by atoms with Crippen LogP contribution in [0.4, 0.5) is 5.69 Å². The molecule has 1 aromatic carbocycles. The van der Waals surface area contributed by atoms with Crippen molar-refractivity contribution in [1.29, 1.82) is 0 Å². The number of para-hydroxylation sites is 1. The smallest absolute Gasteiger partial charge is 0.0573 e. The molecule has 76 valence electrons. The van der Waals surface area contributed by atoms with Crippen LogP contribution >= 0.6 is 11.8 Å². The van der Waals surface area contributed by atoms with Crippen molar-refractivity contribution in [3.8, 4) is 0 Å². The Hall–Kier alpha value is -0.670. The van der Waals surface area contributed by atoms with Crippen LogP contribution in [0.25, 0.3) is 0 Å². The molecule has 1 aliphatic heterocycles. The van der Waals surface area contributed by atoms with Gasteiger partial charge in [0.1, 0.15) is 0 Å². The quantitative estimate of drug-likeness (QED) is 0.744. The Bertz CT molecular complexity index is 340. The van der Waals surface area contributed by atoms with E-state index in [4.69, 9.17) is 0 Å². The second-order valence-electron chi connectivity index (χ2n) is 3.72. The highest BCUT2D eigenvalue weighted by Gasteiger charge is 2.25. The molecular weight excluding hydrogens is 194 g/mol. The van der Waals surface area contributed by atoms with Crippen molar-refractivity contribution in [2.24, 2.45) is 0 Å². The summed E-state index contributed by atoms with van der Waals surface area (Å²) in [4.78, 5) is 1.25. The first-order valence-corrected chi connectivity index (χ1v) is 5.74. The van der Waals surface area contributed by atoms with Crippen molar-refractivity contribution in [2.45, 2.75) is 30.0 Å². The van der Waals surface area contributed by atoms with Crippen LogP contribution in [-0.4, -0.2) is 23.0 Å². The predicted molar refractivity (Wildman–Crippen MR) is 61.0 cm³/mol. The average Bonchev–Trinajstić information content (AvgIpc) is 2.19. The van der Waals surface area contributed by atoms with Crippen molar-refractivity contribution in [3.05, 3.63) is 23.8 Å². The summed E-state index contributed by atoms with van der Waals surface area (Å²) in [6.07, 6.45) is 0. The van der Waals surface area contributed by atoms with Crippen molar-refractivity contribution in [1.82, 2.24) is 0 Å². The topological polar surface area (TPSA) is 32.3 Å². The van der Waals surface area contributed by atoms with E-state index in [0.29, 0.717) is 6.04 Å². The summed E-state index contributed by atoms with van der Waals surface area (Å²) in [5.74, 6) is 0. The van der Waals surface area contributed by atoms with E-state index in [1.807, 2.05) is 0 Å². The van der Waals surface area contributed by atoms with E-state index in [2.05, 4.69) is 37.4 Å². The lowest BCUT2D eigenvalue weighted by molar-refractivity contribution is 0.287. The second-order valence-corrected chi connectivity index (χ2v) is 5.00. The maximum Gasteiger partial charge on any atom is 0.0573 e. The van der Waals surface area contributed by atoms with Crippen molar-refractivity contribution in [3.63, 3.8) is 0 Å². The van der Waals surface area contributed by atoms with E-state index in [9.17, 15) is 5.11 Å². The molecule has 0 fully saturated rings. The minimum absolute atomic E-state index is 0.228. The number of hydrogen-bond donors (Lipinski definition) is 2. The van der Waals surface area contributed by atoms with E-state index in [1.54, 1.807) is 11.8 Å². The highest BCUT2D eigenvalue weighted by Crippen LogP contribution is 2.39. The Morgan fingerprint density at radius 2 is 2.29 bits per heavy atom. The standard InChI is InChI=1S/C11H15NOS/c1-7-4-3-5-9-11(7)12-8(2)10(6-13)14-9/h3-5,8,10,12-13H,6H2,1-2H3. The van der Waals surface area contributed by atoms with Gasteiger partial charge in [-0.3, -0.25) is 0 Å². The van der Waals surface area contributed by atoms with Crippen LogP contribution in [0.1, 0.15) is 12.5 Å². The van der Waals surface area contributed by atoms with Gasteiger partial charge in [0, 0.05) is 10.9 Å². The maximum atomic E-state index is 9.20. The van der Waals surface area contributed by atoms with Crippen LogP contribution < -0.4 is 5.32 Å². The highest BCUT2D eigenvalue weighted by atomic mass is 32.2. The Labute approximate surface area is 88.7 Å². The summed E-state index contributed by atoms with van der Waals surface area (Å²) < 4.78 is 0. The lowest BCUT2D eigenvalue weighted by Gasteiger charge is -2.31. The van der Waals surface area contributed by atoms with Gasteiger partial charge in [0.2, 0.25) is 0 Å². The van der Waals surface area contributed by atoms with Gasteiger partial charge in [-0.2, -0.15) is 0 Å². The summed E-state index contributed by atoms with van der Waals surface area (Å²) >= 11 is 1.77. The number of hydrogen-bond acceptors (Lipinski definition) is 3. The first kappa shape index (κ1) is 9.87. The van der Waals surface area contributed by atoms with Crippen molar-refractivity contribution >= 4 is 17.4 Å². The molecule has 0 aromatic heterocycles. The van der Waals surface area contributed by atoms with Gasteiger partial charge >= 0.3 is 0 Å². The zero-order chi connectivity index (χ0) is 10.1. The SMILES string of the molecule is Cc1cccc2c1NC(C)C(CO)S2. The molecule has 0 amide bonds. The lowest BCUT2D eigenvalue weighted by Crippen LogP contribution is -2.34. The van der Waals surface area contributed by atoms with Crippen LogP contribution in [0.5, 0.6) is 0 Å². The summed E-state index contributed by atoms with van der Waals surface area (Å²) in [5, 5.41) is 12.9. The van der Waals surface area contributed by atoms with E-state index < -0.39 is 0 Å². The van der Waals surface area contributed by atoms with E-state index in [0.717, 1.165) is 0 Å². The molecule has 0 saturated carbocycles. The normalized spacial score (nSPS) is 25.4. The van der Waals surface area contributed by atoms with Crippen molar-refractivity contribution in [2.75, 3.05) is 11.9 Å². The number of aliphatic hydroxyl groups is 1. The predicted octanol–water partition coefficient (Wildman–Crippen LogP) is 2.26. The third-order valence-electron chi connectivity index (χ3n) is 2.62. The molecule has 2 rings (SSSR count). The van der Waals surface area contributed by atoms with Crippen molar-refractivity contribution < 1.29 is 5.11 Å². The summed E-state index contributed by atoms with van der Waals surface area (Å²) in [5.41, 5.74) is 2.51. The molecule has 2 nitrogen and oxygen atoms in total. The monoisotopic (exact) mass is 209 g/mol. The zero-order valence-corrected chi connectivity index (χ0v) is 9.27. The highest BCUT2D eigenvalue weighted by molar-refractivity contribution is 8.00. The van der Waals surface area contributed by atoms with Gasteiger partial charge in [0.25, 0.3) is 0 Å². The van der Waals surface area contributed by atoms with E-state index >= 15 is 0 Å². The van der Waals surface area contributed by atoms with Crippen LogP contribution in [0.2, 0.25) is 0 Å². The summed E-state index contributed by atoms with van der Waals surface area (Å²) in [6, 6.07) is 6.61. The van der Waals surface area contributed by atoms with Gasteiger partial charge in [-0.25, -0.2) is 0 Å². The molecule has 2 atom stereocenters. The Morgan fingerprint density at radius 3 is 3.00 bits per heavy atom. The molecule has 1 heterocycles. The number of thioether (sulfide) groups is 1. The van der Waals surface area contributed by atoms with Gasteiger partial charge in [-0.1, -0.05) is 12.1 Å². The van der Waals surface area contributed by atoms with Crippen LogP contribution in [-0.2, 0) is 0 Å². The van der Waals surface area contributed by atoms with Gasteiger partial charge in [0.15, 0.2) is 0 Å². The molecule has 0 bridgehead atoms. The summed E-state index contributed by atoms with van der Waals surface area (Å²) in [6.45, 7) is 4.45. The van der Waals surface area contributed by atoms with Gasteiger partial charge in [-0.15, -0.1) is 11.8 Å². The van der Waals surface area contributed by atoms with E-state index in [-0.39, 0.29) is 11.9 Å². The van der Waals surface area contributed by atoms with Gasteiger partial charge < -0.3 is 10.4 Å². The molecule has 2 unspecified atom stereocenters. The zero-order valence-electron chi connectivity index (χ0n) is 8.45. The second kappa shape index (κ2) is 3.83. The number of fused-ring (bicyclic) bond motifs is 1. The lowest BCUT2D eigenvalue weighted by atomic mass is 10.1. The minimum Gasteiger partial charge on any atom is -0.395 e. The van der Waals surface area contributed by atoms with Crippen LogP contribution in [0.3, 0.4) is 0 Å². The molecule has 3 heteroatoms. The van der Waals surface area contributed by atoms with Gasteiger partial charge in [0.05, 0.1) is 17.5 Å². The maximum absolute atomic E-state index is 9.20. The third-order valence-corrected chi connectivity index (χ3v) is 4.08. The molecule has 1 aliphatic rings. The van der Waals surface area contributed by atoms with E-state index in [1.165, 1.54) is 16.1 Å². The first-order chi connectivity index (χ1) is 6.72. The van der Waals surface area contributed by atoms with Gasteiger partial charge in [-0.05, 0) is 25.5 Å². The molecule has 1 aromatic rings.